The van der Waals surface area contributed by atoms with Crippen molar-refractivity contribution in [1.29, 1.82) is 5.26 Å². The van der Waals surface area contributed by atoms with E-state index < -0.39 is 0 Å². The Hall–Kier alpha value is -2.66. The molecule has 0 spiro atoms. The molecule has 0 saturated heterocycles. The number of pyridine rings is 1. The Morgan fingerprint density at radius 2 is 2.00 bits per heavy atom. The maximum absolute atomic E-state index is 9.02. The van der Waals surface area contributed by atoms with Gasteiger partial charge in [0.1, 0.15) is 0 Å². The predicted molar refractivity (Wildman–Crippen MR) is 81.3 cm³/mol. The van der Waals surface area contributed by atoms with Crippen LogP contribution in [-0.4, -0.2) is 4.98 Å². The maximum atomic E-state index is 9.02. The van der Waals surface area contributed by atoms with E-state index in [1.165, 1.54) is 16.3 Å². The Labute approximate surface area is 118 Å². The van der Waals surface area contributed by atoms with Gasteiger partial charge in [0.15, 0.2) is 0 Å². The second-order valence-corrected chi connectivity index (χ2v) is 4.78. The Morgan fingerprint density at radius 1 is 1.10 bits per heavy atom. The van der Waals surface area contributed by atoms with Gasteiger partial charge in [-0.1, -0.05) is 25.1 Å². The topological polar surface area (TPSA) is 36.7 Å². The number of aryl methyl sites for hydroxylation is 1. The van der Waals surface area contributed by atoms with Crippen LogP contribution in [-0.2, 0) is 6.42 Å². The number of nitrogens with zero attached hydrogens (tertiary/aromatic N) is 2. The number of benzene rings is 2. The molecule has 0 unspecified atom stereocenters. The van der Waals surface area contributed by atoms with Crippen LogP contribution in [0.1, 0.15) is 18.1 Å². The number of hydrogen-bond donors (Lipinski definition) is 0. The molecule has 3 aromatic rings. The van der Waals surface area contributed by atoms with Crippen molar-refractivity contribution >= 4 is 10.8 Å². The summed E-state index contributed by atoms with van der Waals surface area (Å²) in [4.78, 5) is 4.21. The van der Waals surface area contributed by atoms with Gasteiger partial charge in [-0.05, 0) is 52.8 Å². The molecule has 2 heteroatoms. The minimum absolute atomic E-state index is 0.690. The summed E-state index contributed by atoms with van der Waals surface area (Å²) < 4.78 is 0. The molecule has 0 amide bonds. The molecule has 96 valence electrons. The lowest BCUT2D eigenvalue weighted by Gasteiger charge is -2.09. The van der Waals surface area contributed by atoms with Crippen molar-refractivity contribution in [3.8, 4) is 17.2 Å². The SMILES string of the molecule is CCc1cc(-c2cccc(C#N)c2)cc2ccncc12. The highest BCUT2D eigenvalue weighted by atomic mass is 14.6. The Balaban J connectivity index is 2.24. The van der Waals surface area contributed by atoms with Crippen molar-refractivity contribution < 1.29 is 0 Å². The van der Waals surface area contributed by atoms with Crippen molar-refractivity contribution in [2.75, 3.05) is 0 Å². The lowest BCUT2D eigenvalue weighted by molar-refractivity contribution is 1.16. The van der Waals surface area contributed by atoms with Crippen LogP contribution in [0.4, 0.5) is 0 Å². The van der Waals surface area contributed by atoms with E-state index in [0.717, 1.165) is 17.5 Å². The van der Waals surface area contributed by atoms with Gasteiger partial charge >= 0.3 is 0 Å². The van der Waals surface area contributed by atoms with E-state index in [9.17, 15) is 0 Å². The first-order chi connectivity index (χ1) is 9.81. The summed E-state index contributed by atoms with van der Waals surface area (Å²) in [6, 6.07) is 16.3. The normalized spacial score (nSPS) is 10.4. The van der Waals surface area contributed by atoms with Crippen LogP contribution >= 0.6 is 0 Å². The van der Waals surface area contributed by atoms with Crippen LogP contribution in [0.5, 0.6) is 0 Å². The monoisotopic (exact) mass is 258 g/mol. The molecule has 0 atom stereocenters. The van der Waals surface area contributed by atoms with Gasteiger partial charge in [-0.2, -0.15) is 5.26 Å². The highest BCUT2D eigenvalue weighted by Gasteiger charge is 2.05. The second kappa shape index (κ2) is 5.14. The molecule has 0 aliphatic heterocycles. The molecular formula is C18H14N2. The highest BCUT2D eigenvalue weighted by molar-refractivity contribution is 5.89. The summed E-state index contributed by atoms with van der Waals surface area (Å²) in [6.45, 7) is 2.15. The van der Waals surface area contributed by atoms with Gasteiger partial charge in [0.2, 0.25) is 0 Å². The fourth-order valence-electron chi connectivity index (χ4n) is 2.50. The van der Waals surface area contributed by atoms with E-state index in [0.29, 0.717) is 5.56 Å². The molecule has 0 saturated carbocycles. The Morgan fingerprint density at radius 3 is 2.80 bits per heavy atom. The van der Waals surface area contributed by atoms with Gasteiger partial charge in [0.05, 0.1) is 11.6 Å². The molecule has 2 nitrogen and oxygen atoms in total. The number of fused-ring (bicyclic) bond motifs is 1. The predicted octanol–water partition coefficient (Wildman–Crippen LogP) is 4.34. The quantitative estimate of drug-likeness (QED) is 0.685. The van der Waals surface area contributed by atoms with Crippen molar-refractivity contribution in [2.45, 2.75) is 13.3 Å². The molecule has 2 aromatic carbocycles. The second-order valence-electron chi connectivity index (χ2n) is 4.78. The van der Waals surface area contributed by atoms with Crippen LogP contribution in [0.3, 0.4) is 0 Å². The fraction of sp³-hybridized carbons (Fsp3) is 0.111. The molecule has 0 fully saturated rings. The zero-order chi connectivity index (χ0) is 13.9. The van der Waals surface area contributed by atoms with Crippen molar-refractivity contribution in [1.82, 2.24) is 4.98 Å². The maximum Gasteiger partial charge on any atom is 0.0991 e. The molecule has 1 heterocycles. The summed E-state index contributed by atoms with van der Waals surface area (Å²) in [5.41, 5.74) is 4.21. The first kappa shape index (κ1) is 12.4. The van der Waals surface area contributed by atoms with Gasteiger partial charge in [-0.15, -0.1) is 0 Å². The zero-order valence-corrected chi connectivity index (χ0v) is 11.3. The largest absolute Gasteiger partial charge is 0.264 e. The van der Waals surface area contributed by atoms with Gasteiger partial charge in [0.25, 0.3) is 0 Å². The third kappa shape index (κ3) is 2.15. The van der Waals surface area contributed by atoms with Gasteiger partial charge < -0.3 is 0 Å². The number of hydrogen-bond acceptors (Lipinski definition) is 2. The van der Waals surface area contributed by atoms with Crippen molar-refractivity contribution in [3.05, 3.63) is 66.0 Å². The van der Waals surface area contributed by atoms with E-state index in [1.54, 1.807) is 0 Å². The number of nitriles is 1. The van der Waals surface area contributed by atoms with E-state index in [2.05, 4.69) is 30.1 Å². The molecule has 0 aliphatic carbocycles. The van der Waals surface area contributed by atoms with Gasteiger partial charge in [-0.3, -0.25) is 4.98 Å². The van der Waals surface area contributed by atoms with Crippen molar-refractivity contribution in [2.24, 2.45) is 0 Å². The van der Waals surface area contributed by atoms with E-state index in [4.69, 9.17) is 5.26 Å². The number of aromatic nitrogens is 1. The molecule has 20 heavy (non-hydrogen) atoms. The third-order valence-corrected chi connectivity index (χ3v) is 3.55. The first-order valence-electron chi connectivity index (χ1n) is 6.69. The standard InChI is InChI=1S/C18H14N2/c1-2-14-9-17(10-16-6-7-20-12-18(14)16)15-5-3-4-13(8-15)11-19/h3-10,12H,2H2,1H3. The molecule has 0 radical (unpaired) electrons. The van der Waals surface area contributed by atoms with Crippen LogP contribution in [0.2, 0.25) is 0 Å². The fourth-order valence-corrected chi connectivity index (χ4v) is 2.50. The van der Waals surface area contributed by atoms with Crippen LogP contribution < -0.4 is 0 Å². The van der Waals surface area contributed by atoms with E-state index in [1.807, 2.05) is 42.7 Å². The van der Waals surface area contributed by atoms with E-state index >= 15 is 0 Å². The third-order valence-electron chi connectivity index (χ3n) is 3.55. The Bertz CT molecular complexity index is 813. The van der Waals surface area contributed by atoms with Crippen molar-refractivity contribution in [3.63, 3.8) is 0 Å². The highest BCUT2D eigenvalue weighted by Crippen LogP contribution is 2.28. The van der Waals surface area contributed by atoms with Crippen LogP contribution in [0, 0.1) is 11.3 Å². The average molecular weight is 258 g/mol. The molecule has 0 bridgehead atoms. The Kier molecular flexibility index (Phi) is 3.18. The smallest absolute Gasteiger partial charge is 0.0991 e. The summed E-state index contributed by atoms with van der Waals surface area (Å²) in [5, 5.41) is 11.4. The summed E-state index contributed by atoms with van der Waals surface area (Å²) in [7, 11) is 0. The van der Waals surface area contributed by atoms with Crippen LogP contribution in [0.15, 0.2) is 54.9 Å². The molecule has 0 N–H and O–H groups in total. The van der Waals surface area contributed by atoms with Gasteiger partial charge in [0, 0.05) is 17.8 Å². The van der Waals surface area contributed by atoms with E-state index in [-0.39, 0.29) is 0 Å². The molecular weight excluding hydrogens is 244 g/mol. The van der Waals surface area contributed by atoms with Gasteiger partial charge in [-0.25, -0.2) is 0 Å². The lowest BCUT2D eigenvalue weighted by Crippen LogP contribution is -1.88. The minimum atomic E-state index is 0.690. The summed E-state index contributed by atoms with van der Waals surface area (Å²) in [5.74, 6) is 0. The average Bonchev–Trinajstić information content (AvgIpc) is 2.53. The zero-order valence-electron chi connectivity index (χ0n) is 11.3. The molecule has 0 aliphatic rings. The lowest BCUT2D eigenvalue weighted by atomic mass is 9.96. The first-order valence-corrected chi connectivity index (χ1v) is 6.69. The minimum Gasteiger partial charge on any atom is -0.264 e. The molecule has 1 aromatic heterocycles. The summed E-state index contributed by atoms with van der Waals surface area (Å²) >= 11 is 0. The van der Waals surface area contributed by atoms with Crippen LogP contribution in [0.25, 0.3) is 21.9 Å². The molecule has 3 rings (SSSR count). The number of rotatable bonds is 2. The summed E-state index contributed by atoms with van der Waals surface area (Å²) in [6.07, 6.45) is 4.70.